The van der Waals surface area contributed by atoms with Gasteiger partial charge in [0.15, 0.2) is 0 Å². The molecule has 1 spiro atoms. The molecule has 0 radical (unpaired) electrons. The molecule has 1 N–H and O–H groups in total. The summed E-state index contributed by atoms with van der Waals surface area (Å²) in [6.45, 7) is 9.27. The predicted molar refractivity (Wildman–Crippen MR) is 110 cm³/mol. The zero-order chi connectivity index (χ0) is 21.0. The van der Waals surface area contributed by atoms with Crippen molar-refractivity contribution in [1.29, 1.82) is 0 Å². The number of rotatable bonds is 4. The van der Waals surface area contributed by atoms with E-state index >= 15 is 0 Å². The van der Waals surface area contributed by atoms with Crippen LogP contribution in [0, 0.1) is 28.6 Å². The molecule has 1 amide bonds. The first kappa shape index (κ1) is 20.4. The second kappa shape index (κ2) is 7.12. The highest BCUT2D eigenvalue weighted by atomic mass is 16.5. The minimum Gasteiger partial charge on any atom is -0.465 e. The van der Waals surface area contributed by atoms with E-state index in [0.29, 0.717) is 24.0 Å². The molecule has 3 aliphatic rings. The lowest BCUT2D eigenvalue weighted by Gasteiger charge is -2.53. The number of amides is 1. The summed E-state index contributed by atoms with van der Waals surface area (Å²) in [6.07, 6.45) is 3.30. The van der Waals surface area contributed by atoms with Crippen molar-refractivity contribution in [3.63, 3.8) is 0 Å². The number of hydrogen-bond acceptors (Lipinski definition) is 4. The van der Waals surface area contributed by atoms with Gasteiger partial charge in [-0.25, -0.2) is 4.79 Å². The molecule has 2 bridgehead atoms. The summed E-state index contributed by atoms with van der Waals surface area (Å²) in [5.74, 6) is 0.783. The number of nitrogens with one attached hydrogen (secondary N) is 1. The van der Waals surface area contributed by atoms with Gasteiger partial charge in [-0.05, 0) is 59.6 Å². The fourth-order valence-electron chi connectivity index (χ4n) is 6.35. The van der Waals surface area contributed by atoms with E-state index < -0.39 is 0 Å². The van der Waals surface area contributed by atoms with E-state index in [2.05, 4.69) is 19.2 Å². The third-order valence-electron chi connectivity index (χ3n) is 7.98. The van der Waals surface area contributed by atoms with Crippen LogP contribution in [0.4, 0.5) is 0 Å². The molecule has 29 heavy (non-hydrogen) atoms. The molecule has 5 heteroatoms. The highest BCUT2D eigenvalue weighted by Crippen LogP contribution is 2.70. The van der Waals surface area contributed by atoms with E-state index in [1.165, 1.54) is 7.11 Å². The predicted octanol–water partition coefficient (Wildman–Crippen LogP) is 4.13. The Morgan fingerprint density at radius 2 is 1.90 bits per heavy atom. The van der Waals surface area contributed by atoms with E-state index in [0.717, 1.165) is 24.8 Å². The summed E-state index contributed by atoms with van der Waals surface area (Å²) in [7, 11) is 1.40. The van der Waals surface area contributed by atoms with Gasteiger partial charge in [0.05, 0.1) is 18.8 Å². The zero-order valence-electron chi connectivity index (χ0n) is 18.2. The maximum atomic E-state index is 12.6. The highest BCUT2D eigenvalue weighted by molar-refractivity contribution is 5.89. The van der Waals surface area contributed by atoms with E-state index in [4.69, 9.17) is 9.47 Å². The lowest BCUT2D eigenvalue weighted by atomic mass is 9.58. The second-order valence-electron chi connectivity index (χ2n) is 10.0. The molecule has 1 heterocycles. The largest absolute Gasteiger partial charge is 0.465 e. The quantitative estimate of drug-likeness (QED) is 0.774. The number of carbonyl (C=O) groups is 2. The van der Waals surface area contributed by atoms with Crippen molar-refractivity contribution in [2.24, 2.45) is 28.6 Å². The minimum atomic E-state index is -0.323. The highest BCUT2D eigenvalue weighted by Gasteiger charge is 2.68. The summed E-state index contributed by atoms with van der Waals surface area (Å²) < 4.78 is 11.1. The summed E-state index contributed by atoms with van der Waals surface area (Å²) in [5.41, 5.74) is 1.85. The molecule has 0 aromatic heterocycles. The van der Waals surface area contributed by atoms with Crippen molar-refractivity contribution in [2.75, 3.05) is 13.7 Å². The van der Waals surface area contributed by atoms with Gasteiger partial charge in [0.1, 0.15) is 0 Å². The minimum absolute atomic E-state index is 0.00926. The summed E-state index contributed by atoms with van der Waals surface area (Å²) in [4.78, 5) is 24.4. The van der Waals surface area contributed by atoms with Gasteiger partial charge in [0.25, 0.3) is 0 Å². The van der Waals surface area contributed by atoms with Crippen LogP contribution >= 0.6 is 0 Å². The van der Waals surface area contributed by atoms with Crippen molar-refractivity contribution >= 4 is 11.9 Å². The first-order chi connectivity index (χ1) is 13.7. The Kier molecular flexibility index (Phi) is 5.01. The number of fused-ring (bicyclic) bond motifs is 1. The SMILES string of the molecule is COC(=O)c1ccc([C@H]2OCCC34C[C@@H](C[C@H]23)C(C)(C)[C@H]4NC(=O)C(C)C)cc1. The number of methoxy groups -OCH3 is 1. The monoisotopic (exact) mass is 399 g/mol. The molecular formula is C24H33NO4. The molecule has 4 rings (SSSR count). The van der Waals surface area contributed by atoms with Gasteiger partial charge in [0, 0.05) is 18.6 Å². The Morgan fingerprint density at radius 1 is 1.21 bits per heavy atom. The third-order valence-corrected chi connectivity index (χ3v) is 7.98. The molecule has 158 valence electrons. The Balaban J connectivity index is 1.64. The fourth-order valence-corrected chi connectivity index (χ4v) is 6.35. The average molecular weight is 400 g/mol. The lowest BCUT2D eigenvalue weighted by molar-refractivity contribution is -0.139. The first-order valence-electron chi connectivity index (χ1n) is 10.8. The van der Waals surface area contributed by atoms with Gasteiger partial charge >= 0.3 is 5.97 Å². The van der Waals surface area contributed by atoms with Crippen LogP contribution < -0.4 is 5.32 Å². The van der Waals surface area contributed by atoms with Crippen LogP contribution in [0.5, 0.6) is 0 Å². The molecular weight excluding hydrogens is 366 g/mol. The summed E-state index contributed by atoms with van der Waals surface area (Å²) in [6, 6.07) is 7.81. The fraction of sp³-hybridized carbons (Fsp3) is 0.667. The zero-order valence-corrected chi connectivity index (χ0v) is 18.2. The molecule has 1 aromatic carbocycles. The molecule has 1 saturated heterocycles. The van der Waals surface area contributed by atoms with E-state index in [-0.39, 0.29) is 40.8 Å². The van der Waals surface area contributed by atoms with Gasteiger partial charge in [-0.1, -0.05) is 39.8 Å². The number of carbonyl (C=O) groups excluding carboxylic acids is 2. The van der Waals surface area contributed by atoms with Crippen molar-refractivity contribution < 1.29 is 19.1 Å². The van der Waals surface area contributed by atoms with E-state index in [1.54, 1.807) is 0 Å². The van der Waals surface area contributed by atoms with Crippen molar-refractivity contribution in [3.05, 3.63) is 35.4 Å². The van der Waals surface area contributed by atoms with Gasteiger partial charge in [-0.2, -0.15) is 0 Å². The van der Waals surface area contributed by atoms with Crippen molar-refractivity contribution in [2.45, 2.75) is 59.1 Å². The van der Waals surface area contributed by atoms with Crippen molar-refractivity contribution in [3.8, 4) is 0 Å². The van der Waals surface area contributed by atoms with Gasteiger partial charge in [0.2, 0.25) is 5.91 Å². The Hall–Kier alpha value is -1.88. The second-order valence-corrected chi connectivity index (χ2v) is 10.0. The summed E-state index contributed by atoms with van der Waals surface area (Å²) >= 11 is 0. The smallest absolute Gasteiger partial charge is 0.337 e. The molecule has 1 aromatic rings. The lowest BCUT2D eigenvalue weighted by Crippen LogP contribution is -2.59. The van der Waals surface area contributed by atoms with Crippen LogP contribution in [0.15, 0.2) is 24.3 Å². The maximum Gasteiger partial charge on any atom is 0.337 e. The Morgan fingerprint density at radius 3 is 2.52 bits per heavy atom. The topological polar surface area (TPSA) is 64.6 Å². The summed E-state index contributed by atoms with van der Waals surface area (Å²) in [5, 5.41) is 3.44. The Bertz CT molecular complexity index is 800. The van der Waals surface area contributed by atoms with Crippen LogP contribution in [0.25, 0.3) is 0 Å². The molecule has 2 aliphatic carbocycles. The van der Waals surface area contributed by atoms with E-state index in [1.807, 2.05) is 38.1 Å². The Labute approximate surface area is 173 Å². The maximum absolute atomic E-state index is 12.6. The van der Waals surface area contributed by atoms with Gasteiger partial charge in [-0.3, -0.25) is 4.79 Å². The molecule has 3 fully saturated rings. The molecule has 5 nitrogen and oxygen atoms in total. The average Bonchev–Trinajstić information content (AvgIpc) is 3.19. The number of benzene rings is 1. The van der Waals surface area contributed by atoms with Gasteiger partial charge < -0.3 is 14.8 Å². The molecule has 5 atom stereocenters. The van der Waals surface area contributed by atoms with Crippen LogP contribution in [-0.4, -0.2) is 31.6 Å². The van der Waals surface area contributed by atoms with Crippen LogP contribution in [-0.2, 0) is 14.3 Å². The van der Waals surface area contributed by atoms with Crippen LogP contribution in [0.1, 0.15) is 69.0 Å². The first-order valence-corrected chi connectivity index (χ1v) is 10.8. The standard InChI is InChI=1S/C24H33NO4/c1-14(2)20(26)25-22-23(3,4)17-12-18-19(29-11-10-24(18,22)13-17)15-6-8-16(9-7-15)21(27)28-5/h6-9,14,17-19,22H,10-13H2,1-5H3,(H,25,26)/t17-,18-,19-,22-,24?/m1/s1. The van der Waals surface area contributed by atoms with E-state index in [9.17, 15) is 9.59 Å². The van der Waals surface area contributed by atoms with Crippen molar-refractivity contribution in [1.82, 2.24) is 5.32 Å². The molecule has 1 unspecified atom stereocenters. The molecule has 2 saturated carbocycles. The van der Waals surface area contributed by atoms with Crippen LogP contribution in [0.2, 0.25) is 0 Å². The number of ether oxygens (including phenoxy) is 2. The third kappa shape index (κ3) is 3.09. The number of hydrogen-bond donors (Lipinski definition) is 1. The van der Waals surface area contributed by atoms with Gasteiger partial charge in [-0.15, -0.1) is 0 Å². The van der Waals surface area contributed by atoms with Crippen LogP contribution in [0.3, 0.4) is 0 Å². The molecule has 1 aliphatic heterocycles. The number of esters is 1. The normalized spacial score (nSPS) is 34.7.